The fraction of sp³-hybridized carbons (Fsp3) is 0.727. The molecule has 1 aliphatic heterocycles. The number of nitrogens with one attached hydrogen (secondary N) is 1. The maximum atomic E-state index is 11.7. The van der Waals surface area contributed by atoms with Crippen molar-refractivity contribution < 1.29 is 29.0 Å². The van der Waals surface area contributed by atoms with Gasteiger partial charge in [0, 0.05) is 12.2 Å². The van der Waals surface area contributed by atoms with Gasteiger partial charge in [-0.1, -0.05) is 0 Å². The lowest BCUT2D eigenvalue weighted by molar-refractivity contribution is -0.178. The standard InChI is InChI=1S/C11H17NO6S/c1-17-8(13)5-7(6-19)9(14)18-10(15)11(16)3-2-4-12-11/h7,12,16,19H,2-6H2,1H3/t7?,11-/m1/s1. The third-order valence-electron chi connectivity index (χ3n) is 2.86. The Kier molecular flexibility index (Phi) is 5.77. The molecule has 1 aliphatic rings. The van der Waals surface area contributed by atoms with Crippen LogP contribution in [0.5, 0.6) is 0 Å². The number of hydrogen-bond acceptors (Lipinski definition) is 8. The van der Waals surface area contributed by atoms with Gasteiger partial charge in [-0.25, -0.2) is 4.79 Å². The SMILES string of the molecule is COC(=O)CC(CS)C(=O)OC(=O)[C@]1(O)CCCN1. The molecule has 0 aromatic rings. The number of aliphatic hydroxyl groups is 1. The molecule has 0 amide bonds. The maximum absolute atomic E-state index is 11.7. The zero-order valence-electron chi connectivity index (χ0n) is 10.5. The van der Waals surface area contributed by atoms with Crippen LogP contribution in [-0.2, 0) is 23.9 Å². The van der Waals surface area contributed by atoms with Gasteiger partial charge in [0.25, 0.3) is 0 Å². The van der Waals surface area contributed by atoms with Crippen molar-refractivity contribution in [1.29, 1.82) is 0 Å². The highest BCUT2D eigenvalue weighted by molar-refractivity contribution is 7.80. The molecule has 0 saturated carbocycles. The molecule has 7 nitrogen and oxygen atoms in total. The highest BCUT2D eigenvalue weighted by Gasteiger charge is 2.42. The molecule has 0 aromatic carbocycles. The average molecular weight is 291 g/mol. The first-order chi connectivity index (χ1) is 8.92. The lowest BCUT2D eigenvalue weighted by Gasteiger charge is -2.20. The first-order valence-corrected chi connectivity index (χ1v) is 6.47. The van der Waals surface area contributed by atoms with Crippen LogP contribution >= 0.6 is 12.6 Å². The Morgan fingerprint density at radius 3 is 2.63 bits per heavy atom. The first-order valence-electron chi connectivity index (χ1n) is 5.84. The van der Waals surface area contributed by atoms with Crippen molar-refractivity contribution in [3.63, 3.8) is 0 Å². The second kappa shape index (κ2) is 6.88. The van der Waals surface area contributed by atoms with E-state index < -0.39 is 29.6 Å². The van der Waals surface area contributed by atoms with Crippen molar-refractivity contribution in [3.8, 4) is 0 Å². The summed E-state index contributed by atoms with van der Waals surface area (Å²) in [5.41, 5.74) is -1.82. The van der Waals surface area contributed by atoms with Crippen LogP contribution in [-0.4, -0.2) is 48.1 Å². The topological polar surface area (TPSA) is 102 Å². The van der Waals surface area contributed by atoms with Gasteiger partial charge in [-0.2, -0.15) is 12.6 Å². The molecule has 0 aliphatic carbocycles. The zero-order chi connectivity index (χ0) is 14.5. The normalized spacial score (nSPS) is 23.7. The summed E-state index contributed by atoms with van der Waals surface area (Å²) in [5, 5.41) is 12.4. The molecule has 0 bridgehead atoms. The van der Waals surface area contributed by atoms with Crippen LogP contribution < -0.4 is 5.32 Å². The number of hydrogen-bond donors (Lipinski definition) is 3. The van der Waals surface area contributed by atoms with Crippen molar-refractivity contribution in [3.05, 3.63) is 0 Å². The second-order valence-corrected chi connectivity index (χ2v) is 4.62. The van der Waals surface area contributed by atoms with Crippen LogP contribution in [0, 0.1) is 5.92 Å². The van der Waals surface area contributed by atoms with Gasteiger partial charge in [0.1, 0.15) is 0 Å². The average Bonchev–Trinajstić information content (AvgIpc) is 2.83. The van der Waals surface area contributed by atoms with Crippen LogP contribution in [0.3, 0.4) is 0 Å². The molecule has 1 unspecified atom stereocenters. The van der Waals surface area contributed by atoms with E-state index in [0.29, 0.717) is 13.0 Å². The summed E-state index contributed by atoms with van der Waals surface area (Å²) in [6.45, 7) is 0.470. The quantitative estimate of drug-likeness (QED) is 0.347. The fourth-order valence-corrected chi connectivity index (χ4v) is 1.95. The molecule has 0 radical (unpaired) electrons. The van der Waals surface area contributed by atoms with Crippen molar-refractivity contribution in [2.45, 2.75) is 25.0 Å². The molecule has 2 N–H and O–H groups in total. The van der Waals surface area contributed by atoms with Gasteiger partial charge in [0.15, 0.2) is 0 Å². The fourth-order valence-electron chi connectivity index (χ4n) is 1.67. The molecule has 19 heavy (non-hydrogen) atoms. The minimum atomic E-state index is -1.82. The minimum absolute atomic E-state index is 0.0348. The van der Waals surface area contributed by atoms with E-state index in [2.05, 4.69) is 27.4 Å². The van der Waals surface area contributed by atoms with Gasteiger partial charge < -0.3 is 14.6 Å². The van der Waals surface area contributed by atoms with E-state index in [-0.39, 0.29) is 18.6 Å². The number of esters is 3. The van der Waals surface area contributed by atoms with Crippen molar-refractivity contribution in [2.75, 3.05) is 19.4 Å². The monoisotopic (exact) mass is 291 g/mol. The van der Waals surface area contributed by atoms with E-state index in [0.717, 1.165) is 0 Å². The Labute approximate surface area is 116 Å². The molecule has 108 valence electrons. The molecule has 1 heterocycles. The van der Waals surface area contributed by atoms with Crippen LogP contribution in [0.15, 0.2) is 0 Å². The Balaban J connectivity index is 2.57. The van der Waals surface area contributed by atoms with E-state index in [1.54, 1.807) is 0 Å². The number of ether oxygens (including phenoxy) is 2. The predicted molar refractivity (Wildman–Crippen MR) is 67.3 cm³/mol. The summed E-state index contributed by atoms with van der Waals surface area (Å²) >= 11 is 3.92. The highest BCUT2D eigenvalue weighted by Crippen LogP contribution is 2.19. The van der Waals surface area contributed by atoms with Crippen molar-refractivity contribution in [1.82, 2.24) is 5.32 Å². The zero-order valence-corrected chi connectivity index (χ0v) is 11.4. The molecular weight excluding hydrogens is 274 g/mol. The first kappa shape index (κ1) is 15.9. The lowest BCUT2D eigenvalue weighted by atomic mass is 10.1. The summed E-state index contributed by atoms with van der Waals surface area (Å²) in [4.78, 5) is 34.4. The largest absolute Gasteiger partial charge is 0.469 e. The van der Waals surface area contributed by atoms with E-state index in [9.17, 15) is 19.5 Å². The van der Waals surface area contributed by atoms with Gasteiger partial charge in [0.2, 0.25) is 5.72 Å². The van der Waals surface area contributed by atoms with Gasteiger partial charge in [-0.15, -0.1) is 0 Å². The third-order valence-corrected chi connectivity index (χ3v) is 3.30. The van der Waals surface area contributed by atoms with Crippen LogP contribution in [0.4, 0.5) is 0 Å². The smallest absolute Gasteiger partial charge is 0.361 e. The lowest BCUT2D eigenvalue weighted by Crippen LogP contribution is -2.49. The molecule has 1 rings (SSSR count). The number of rotatable bonds is 5. The molecule has 2 atom stereocenters. The minimum Gasteiger partial charge on any atom is -0.469 e. The molecule has 0 spiro atoms. The molecule has 0 aromatic heterocycles. The molecule has 1 saturated heterocycles. The van der Waals surface area contributed by atoms with Gasteiger partial charge in [-0.3, -0.25) is 14.9 Å². The summed E-state index contributed by atoms with van der Waals surface area (Å²) in [7, 11) is 1.19. The van der Waals surface area contributed by atoms with Crippen LogP contribution in [0.25, 0.3) is 0 Å². The molecule has 1 fully saturated rings. The summed E-state index contributed by atoms with van der Waals surface area (Å²) in [6, 6.07) is 0. The predicted octanol–water partition coefficient (Wildman–Crippen LogP) is -0.763. The Bertz CT molecular complexity index is 366. The Morgan fingerprint density at radius 1 is 1.47 bits per heavy atom. The van der Waals surface area contributed by atoms with Crippen LogP contribution in [0.2, 0.25) is 0 Å². The Morgan fingerprint density at radius 2 is 2.16 bits per heavy atom. The van der Waals surface area contributed by atoms with E-state index in [1.165, 1.54) is 7.11 Å². The third kappa shape index (κ3) is 4.19. The Hall–Kier alpha value is -1.12. The van der Waals surface area contributed by atoms with E-state index in [4.69, 9.17) is 0 Å². The summed E-state index contributed by atoms with van der Waals surface area (Å²) in [5.74, 6) is -3.39. The van der Waals surface area contributed by atoms with Crippen molar-refractivity contribution in [2.24, 2.45) is 5.92 Å². The van der Waals surface area contributed by atoms with Crippen LogP contribution in [0.1, 0.15) is 19.3 Å². The molecule has 8 heteroatoms. The number of thiol groups is 1. The number of carbonyl (C=O) groups is 3. The van der Waals surface area contributed by atoms with E-state index >= 15 is 0 Å². The summed E-state index contributed by atoms with van der Waals surface area (Å²) in [6.07, 6.45) is 0.567. The van der Waals surface area contributed by atoms with Gasteiger partial charge in [-0.05, 0) is 13.0 Å². The maximum Gasteiger partial charge on any atom is 0.361 e. The second-order valence-electron chi connectivity index (χ2n) is 4.26. The van der Waals surface area contributed by atoms with Gasteiger partial charge >= 0.3 is 17.9 Å². The molecular formula is C11H17NO6S. The van der Waals surface area contributed by atoms with E-state index in [1.807, 2.05) is 0 Å². The highest BCUT2D eigenvalue weighted by atomic mass is 32.1. The van der Waals surface area contributed by atoms with Crippen molar-refractivity contribution >= 4 is 30.5 Å². The summed E-state index contributed by atoms with van der Waals surface area (Å²) < 4.78 is 9.02. The number of methoxy groups -OCH3 is 1. The van der Waals surface area contributed by atoms with Gasteiger partial charge in [0.05, 0.1) is 19.4 Å². The number of carbonyl (C=O) groups excluding carboxylic acids is 3.